The zero-order valence-corrected chi connectivity index (χ0v) is 8.91. The Hall–Kier alpha value is -1.10. The van der Waals surface area contributed by atoms with Crippen LogP contribution in [-0.2, 0) is 10.3 Å². The van der Waals surface area contributed by atoms with E-state index in [9.17, 15) is 4.79 Å². The first-order valence-electron chi connectivity index (χ1n) is 5.47. The van der Waals surface area contributed by atoms with Gasteiger partial charge in [0.2, 0.25) is 0 Å². The SMILES string of the molecule is CCOC1(c2noc(=O)[nH]2)CCCCC1. The Morgan fingerprint density at radius 1 is 1.47 bits per heavy atom. The Bertz CT molecular complexity index is 357. The Balaban J connectivity index is 2.28. The van der Waals surface area contributed by atoms with Gasteiger partial charge in [0.15, 0.2) is 5.82 Å². The molecule has 0 saturated heterocycles. The van der Waals surface area contributed by atoms with E-state index in [0.29, 0.717) is 12.4 Å². The van der Waals surface area contributed by atoms with Crippen LogP contribution in [0.4, 0.5) is 0 Å². The molecule has 2 rings (SSSR count). The third kappa shape index (κ3) is 1.97. The van der Waals surface area contributed by atoms with Gasteiger partial charge >= 0.3 is 5.76 Å². The highest BCUT2D eigenvalue weighted by Gasteiger charge is 2.38. The van der Waals surface area contributed by atoms with E-state index in [0.717, 1.165) is 25.7 Å². The molecule has 0 spiro atoms. The van der Waals surface area contributed by atoms with Crippen LogP contribution in [0, 0.1) is 0 Å². The zero-order valence-electron chi connectivity index (χ0n) is 8.91. The fraction of sp³-hybridized carbons (Fsp3) is 0.800. The summed E-state index contributed by atoms with van der Waals surface area (Å²) in [5.74, 6) is 0.0451. The van der Waals surface area contributed by atoms with Crippen molar-refractivity contribution in [3.8, 4) is 0 Å². The smallest absolute Gasteiger partial charge is 0.367 e. The molecule has 84 valence electrons. The number of nitrogens with one attached hydrogen (secondary N) is 1. The molecule has 1 heterocycles. The molecule has 1 fully saturated rings. The van der Waals surface area contributed by atoms with Gasteiger partial charge in [-0.25, -0.2) is 4.79 Å². The average Bonchev–Trinajstić information content (AvgIpc) is 2.67. The van der Waals surface area contributed by atoms with Gasteiger partial charge in [0.25, 0.3) is 0 Å². The van der Waals surface area contributed by atoms with Crippen molar-refractivity contribution in [2.45, 2.75) is 44.6 Å². The van der Waals surface area contributed by atoms with E-state index in [1.54, 1.807) is 0 Å². The summed E-state index contributed by atoms with van der Waals surface area (Å²) in [4.78, 5) is 13.6. The molecule has 0 aromatic carbocycles. The Labute approximate surface area is 87.8 Å². The molecule has 1 aromatic rings. The normalized spacial score (nSPS) is 20.3. The summed E-state index contributed by atoms with van der Waals surface area (Å²) in [6.07, 6.45) is 5.24. The van der Waals surface area contributed by atoms with E-state index < -0.39 is 11.4 Å². The van der Waals surface area contributed by atoms with Crippen LogP contribution in [0.25, 0.3) is 0 Å². The van der Waals surface area contributed by atoms with Crippen LogP contribution >= 0.6 is 0 Å². The molecular formula is C10H16N2O3. The summed E-state index contributed by atoms with van der Waals surface area (Å²) in [6.45, 7) is 2.57. The van der Waals surface area contributed by atoms with E-state index in [2.05, 4.69) is 14.7 Å². The lowest BCUT2D eigenvalue weighted by atomic mass is 9.84. The number of hydrogen-bond donors (Lipinski definition) is 1. The van der Waals surface area contributed by atoms with Gasteiger partial charge in [-0.2, -0.15) is 0 Å². The van der Waals surface area contributed by atoms with Gasteiger partial charge in [0.05, 0.1) is 0 Å². The van der Waals surface area contributed by atoms with Crippen molar-refractivity contribution in [3.63, 3.8) is 0 Å². The molecule has 0 bridgehead atoms. The van der Waals surface area contributed by atoms with Gasteiger partial charge in [-0.15, -0.1) is 0 Å². The molecule has 5 nitrogen and oxygen atoms in total. The summed E-state index contributed by atoms with van der Waals surface area (Å²) in [5.41, 5.74) is -0.417. The summed E-state index contributed by atoms with van der Waals surface area (Å²) < 4.78 is 10.3. The van der Waals surface area contributed by atoms with Crippen molar-refractivity contribution in [3.05, 3.63) is 16.4 Å². The Kier molecular flexibility index (Phi) is 2.90. The number of aromatic amines is 1. The first kappa shape index (κ1) is 10.4. The molecule has 1 aromatic heterocycles. The van der Waals surface area contributed by atoms with Crippen LogP contribution in [0.2, 0.25) is 0 Å². The molecule has 1 aliphatic rings. The lowest BCUT2D eigenvalue weighted by Gasteiger charge is -2.34. The van der Waals surface area contributed by atoms with Crippen molar-refractivity contribution in [2.24, 2.45) is 0 Å². The van der Waals surface area contributed by atoms with Gasteiger partial charge in [-0.05, 0) is 19.8 Å². The maximum Gasteiger partial charge on any atom is 0.439 e. The van der Waals surface area contributed by atoms with E-state index >= 15 is 0 Å². The summed E-state index contributed by atoms with van der Waals surface area (Å²) in [6, 6.07) is 0. The zero-order chi connectivity index (χ0) is 10.7. The molecule has 1 N–H and O–H groups in total. The number of ether oxygens (including phenoxy) is 1. The minimum Gasteiger partial charge on any atom is -0.367 e. The fourth-order valence-electron chi connectivity index (χ4n) is 2.28. The van der Waals surface area contributed by atoms with Crippen LogP contribution in [0.5, 0.6) is 0 Å². The number of H-pyrrole nitrogens is 1. The number of aromatic nitrogens is 2. The lowest BCUT2D eigenvalue weighted by molar-refractivity contribution is -0.0777. The maximum atomic E-state index is 10.9. The van der Waals surface area contributed by atoms with Crippen molar-refractivity contribution in [1.29, 1.82) is 0 Å². The molecule has 0 aliphatic heterocycles. The van der Waals surface area contributed by atoms with Gasteiger partial charge in [-0.3, -0.25) is 9.51 Å². The minimum absolute atomic E-state index is 0.417. The topological polar surface area (TPSA) is 68.1 Å². The highest BCUT2D eigenvalue weighted by molar-refractivity contribution is 5.01. The first-order chi connectivity index (χ1) is 7.27. The van der Waals surface area contributed by atoms with E-state index in [1.807, 2.05) is 6.92 Å². The van der Waals surface area contributed by atoms with Gasteiger partial charge < -0.3 is 4.74 Å². The predicted molar refractivity (Wildman–Crippen MR) is 53.5 cm³/mol. The monoisotopic (exact) mass is 212 g/mol. The van der Waals surface area contributed by atoms with Gasteiger partial charge in [0, 0.05) is 6.61 Å². The molecule has 0 atom stereocenters. The number of hydrogen-bond acceptors (Lipinski definition) is 4. The highest BCUT2D eigenvalue weighted by Crippen LogP contribution is 2.38. The number of nitrogens with zero attached hydrogens (tertiary/aromatic N) is 1. The van der Waals surface area contributed by atoms with Crippen molar-refractivity contribution >= 4 is 0 Å². The van der Waals surface area contributed by atoms with Crippen molar-refractivity contribution in [2.75, 3.05) is 6.61 Å². The third-order valence-electron chi connectivity index (χ3n) is 2.95. The second-order valence-electron chi connectivity index (χ2n) is 3.93. The summed E-state index contributed by atoms with van der Waals surface area (Å²) >= 11 is 0. The average molecular weight is 212 g/mol. The molecule has 1 aliphatic carbocycles. The third-order valence-corrected chi connectivity index (χ3v) is 2.95. The van der Waals surface area contributed by atoms with Crippen LogP contribution in [-0.4, -0.2) is 16.7 Å². The fourth-order valence-corrected chi connectivity index (χ4v) is 2.28. The Morgan fingerprint density at radius 3 is 2.73 bits per heavy atom. The predicted octanol–water partition coefficient (Wildman–Crippen LogP) is 1.56. The van der Waals surface area contributed by atoms with Crippen LogP contribution in [0.1, 0.15) is 44.9 Å². The molecular weight excluding hydrogens is 196 g/mol. The molecule has 1 saturated carbocycles. The second-order valence-corrected chi connectivity index (χ2v) is 3.93. The van der Waals surface area contributed by atoms with Crippen LogP contribution in [0.15, 0.2) is 9.32 Å². The molecule has 15 heavy (non-hydrogen) atoms. The lowest BCUT2D eigenvalue weighted by Crippen LogP contribution is -2.34. The largest absolute Gasteiger partial charge is 0.439 e. The quantitative estimate of drug-likeness (QED) is 0.825. The number of rotatable bonds is 3. The van der Waals surface area contributed by atoms with Gasteiger partial charge in [-0.1, -0.05) is 24.4 Å². The van der Waals surface area contributed by atoms with Crippen LogP contribution in [0.3, 0.4) is 0 Å². The maximum absolute atomic E-state index is 10.9. The van der Waals surface area contributed by atoms with E-state index in [1.165, 1.54) is 6.42 Å². The second kappa shape index (κ2) is 4.18. The first-order valence-corrected chi connectivity index (χ1v) is 5.47. The molecule has 0 unspecified atom stereocenters. The highest BCUT2D eigenvalue weighted by atomic mass is 16.5. The van der Waals surface area contributed by atoms with E-state index in [4.69, 9.17) is 4.74 Å². The molecule has 0 amide bonds. The standard InChI is InChI=1S/C10H16N2O3/c1-2-14-10(6-4-3-5-7-10)8-11-9(13)15-12-8/h2-7H2,1H3,(H,11,12,13). The van der Waals surface area contributed by atoms with Crippen molar-refractivity contribution in [1.82, 2.24) is 10.1 Å². The van der Waals surface area contributed by atoms with E-state index in [-0.39, 0.29) is 0 Å². The minimum atomic E-state index is -0.505. The summed E-state index contributed by atoms with van der Waals surface area (Å²) in [7, 11) is 0. The molecule has 5 heteroatoms. The van der Waals surface area contributed by atoms with Gasteiger partial charge in [0.1, 0.15) is 5.60 Å². The van der Waals surface area contributed by atoms with Crippen molar-refractivity contribution < 1.29 is 9.26 Å². The van der Waals surface area contributed by atoms with Crippen LogP contribution < -0.4 is 5.76 Å². The Morgan fingerprint density at radius 2 is 2.20 bits per heavy atom. The summed E-state index contributed by atoms with van der Waals surface area (Å²) in [5, 5.41) is 3.76. The molecule has 0 radical (unpaired) electrons.